The number of alkyl halides is 1. The first-order chi connectivity index (χ1) is 14.3. The van der Waals surface area contributed by atoms with Gasteiger partial charge in [0.15, 0.2) is 0 Å². The highest BCUT2D eigenvalue weighted by Crippen LogP contribution is 2.27. The quantitative estimate of drug-likeness (QED) is 0.207. The van der Waals surface area contributed by atoms with Crippen molar-refractivity contribution < 1.29 is 4.42 Å². The van der Waals surface area contributed by atoms with Gasteiger partial charge in [-0.2, -0.15) is 15.0 Å². The van der Waals surface area contributed by atoms with E-state index >= 15 is 0 Å². The van der Waals surface area contributed by atoms with E-state index in [0.717, 1.165) is 40.5 Å². The van der Waals surface area contributed by atoms with Crippen LogP contribution in [0, 0.1) is 0 Å². The van der Waals surface area contributed by atoms with Gasteiger partial charge in [-0.05, 0) is 37.1 Å². The van der Waals surface area contributed by atoms with Crippen LogP contribution in [0.2, 0.25) is 0 Å². The number of hydrogen-bond acceptors (Lipinski definition) is 3. The summed E-state index contributed by atoms with van der Waals surface area (Å²) in [6, 6.07) is 24.2. The summed E-state index contributed by atoms with van der Waals surface area (Å²) in [4.78, 5) is 1.82. The average molecular weight is 450 g/mol. The van der Waals surface area contributed by atoms with Gasteiger partial charge in [-0.15, -0.1) is 0 Å². The van der Waals surface area contributed by atoms with Gasteiger partial charge in [0.05, 0.1) is 6.54 Å². The Morgan fingerprint density at radius 1 is 0.655 bits per heavy atom. The highest BCUT2D eigenvalue weighted by molar-refractivity contribution is 9.09. The van der Waals surface area contributed by atoms with Crippen LogP contribution < -0.4 is 0 Å². The van der Waals surface area contributed by atoms with Crippen molar-refractivity contribution in [1.29, 1.82) is 0 Å². The lowest BCUT2D eigenvalue weighted by Gasteiger charge is -1.98. The predicted molar refractivity (Wildman–Crippen MR) is 124 cm³/mol. The van der Waals surface area contributed by atoms with Crippen LogP contribution in [0.3, 0.4) is 0 Å². The Morgan fingerprint density at radius 3 is 1.76 bits per heavy atom. The number of benzene rings is 3. The highest BCUT2D eigenvalue weighted by atomic mass is 79.9. The zero-order valence-electron chi connectivity index (χ0n) is 16.3. The minimum atomic E-state index is 0.928. The number of furan rings is 1. The second-order valence-corrected chi connectivity index (χ2v) is 7.78. The Kier molecular flexibility index (Phi) is 6.57. The van der Waals surface area contributed by atoms with Crippen molar-refractivity contribution in [1.82, 2.24) is 15.0 Å². The van der Waals surface area contributed by atoms with Crippen LogP contribution in [0.15, 0.2) is 77.2 Å². The van der Waals surface area contributed by atoms with Crippen molar-refractivity contribution >= 4 is 48.9 Å². The molecule has 0 amide bonds. The van der Waals surface area contributed by atoms with Gasteiger partial charge in [0.1, 0.15) is 22.2 Å². The first-order valence-electron chi connectivity index (χ1n) is 10.1. The van der Waals surface area contributed by atoms with E-state index in [0.29, 0.717) is 0 Å². The maximum Gasteiger partial charge on any atom is 0.135 e. The second-order valence-electron chi connectivity index (χ2n) is 6.98. The van der Waals surface area contributed by atoms with E-state index < -0.39 is 0 Å². The molecule has 2 heterocycles. The molecule has 0 spiro atoms. The molecular formula is C24H24BrN3O. The minimum absolute atomic E-state index is 0.928. The third-order valence-electron chi connectivity index (χ3n) is 4.85. The van der Waals surface area contributed by atoms with Gasteiger partial charge in [-0.25, -0.2) is 0 Å². The van der Waals surface area contributed by atoms with E-state index in [1.807, 2.05) is 65.5 Å². The number of para-hydroxylation sites is 2. The lowest BCUT2D eigenvalue weighted by atomic mass is 10.2. The Balaban J connectivity index is 0.000000144. The lowest BCUT2D eigenvalue weighted by Crippen LogP contribution is -2.01. The molecule has 5 aromatic rings. The fourth-order valence-electron chi connectivity index (χ4n) is 3.38. The SMILES string of the molecule is BrCCCCCCn1nc2ccccc2n1.c1ccc2c(c1)oc1ccccc12. The molecule has 3 aromatic carbocycles. The molecule has 0 N–H and O–H groups in total. The van der Waals surface area contributed by atoms with Gasteiger partial charge in [0, 0.05) is 16.1 Å². The summed E-state index contributed by atoms with van der Waals surface area (Å²) < 4.78 is 5.65. The molecule has 0 bridgehead atoms. The van der Waals surface area contributed by atoms with Crippen molar-refractivity contribution in [2.24, 2.45) is 0 Å². The Hall–Kier alpha value is -2.66. The van der Waals surface area contributed by atoms with Gasteiger partial charge >= 0.3 is 0 Å². The molecule has 0 aliphatic heterocycles. The molecule has 29 heavy (non-hydrogen) atoms. The first kappa shape index (κ1) is 19.6. The standard InChI is InChI=1S/C12H16BrN3.C12H8O/c13-9-5-1-2-6-10-16-14-11-7-3-4-8-12(11)15-16;1-3-7-11-9(5-1)10-6-2-4-8-12(10)13-11/h3-4,7-8H,1-2,5-6,9-10H2;1-8H. The van der Waals surface area contributed by atoms with Crippen LogP contribution >= 0.6 is 15.9 Å². The molecule has 0 saturated heterocycles. The van der Waals surface area contributed by atoms with E-state index in [1.165, 1.54) is 30.0 Å². The molecule has 5 rings (SSSR count). The predicted octanol–water partition coefficient (Wildman–Crippen LogP) is 6.97. The van der Waals surface area contributed by atoms with Crippen LogP contribution in [-0.2, 0) is 6.54 Å². The summed E-state index contributed by atoms with van der Waals surface area (Å²) in [7, 11) is 0. The van der Waals surface area contributed by atoms with Crippen molar-refractivity contribution in [3.63, 3.8) is 0 Å². The number of nitrogens with zero attached hydrogens (tertiary/aromatic N) is 3. The molecule has 0 aliphatic rings. The van der Waals surface area contributed by atoms with Gasteiger partial charge in [-0.1, -0.05) is 77.3 Å². The van der Waals surface area contributed by atoms with E-state index in [1.54, 1.807) is 0 Å². The molecule has 4 nitrogen and oxygen atoms in total. The maximum absolute atomic E-state index is 5.65. The third-order valence-corrected chi connectivity index (χ3v) is 5.41. The number of unbranched alkanes of at least 4 members (excludes halogenated alkanes) is 3. The molecular weight excluding hydrogens is 426 g/mol. The summed E-state index contributed by atoms with van der Waals surface area (Å²) in [5.74, 6) is 0. The summed E-state index contributed by atoms with van der Waals surface area (Å²) >= 11 is 3.44. The zero-order valence-corrected chi connectivity index (χ0v) is 17.9. The van der Waals surface area contributed by atoms with Crippen LogP contribution in [0.4, 0.5) is 0 Å². The smallest absolute Gasteiger partial charge is 0.135 e. The Labute approximate surface area is 178 Å². The average Bonchev–Trinajstić information content (AvgIpc) is 3.35. The molecule has 0 saturated carbocycles. The maximum atomic E-state index is 5.65. The van der Waals surface area contributed by atoms with Gasteiger partial charge in [0.2, 0.25) is 0 Å². The van der Waals surface area contributed by atoms with E-state index in [9.17, 15) is 0 Å². The number of aryl methyl sites for hydroxylation is 1. The number of fused-ring (bicyclic) bond motifs is 4. The molecule has 0 fully saturated rings. The van der Waals surface area contributed by atoms with E-state index in [4.69, 9.17) is 4.42 Å². The normalized spacial score (nSPS) is 11.1. The minimum Gasteiger partial charge on any atom is -0.456 e. The summed E-state index contributed by atoms with van der Waals surface area (Å²) in [5, 5.41) is 12.3. The van der Waals surface area contributed by atoms with Crippen LogP contribution in [0.25, 0.3) is 33.0 Å². The Bertz CT molecular complexity index is 1110. The van der Waals surface area contributed by atoms with Crippen LogP contribution in [0.5, 0.6) is 0 Å². The van der Waals surface area contributed by atoms with E-state index in [-0.39, 0.29) is 0 Å². The zero-order chi connectivity index (χ0) is 19.9. The largest absolute Gasteiger partial charge is 0.456 e. The van der Waals surface area contributed by atoms with E-state index in [2.05, 4.69) is 38.3 Å². The van der Waals surface area contributed by atoms with Crippen molar-refractivity contribution in [2.75, 3.05) is 5.33 Å². The highest BCUT2D eigenvalue weighted by Gasteiger charge is 2.03. The second kappa shape index (κ2) is 9.70. The van der Waals surface area contributed by atoms with Crippen molar-refractivity contribution in [3.8, 4) is 0 Å². The molecule has 0 aliphatic carbocycles. The molecule has 0 unspecified atom stereocenters. The summed E-state index contributed by atoms with van der Waals surface area (Å²) in [6.07, 6.45) is 4.96. The van der Waals surface area contributed by atoms with Gasteiger partial charge in [-0.3, -0.25) is 0 Å². The molecule has 5 heteroatoms. The van der Waals surface area contributed by atoms with Gasteiger partial charge < -0.3 is 4.42 Å². The number of aromatic nitrogens is 3. The molecule has 0 atom stereocenters. The fourth-order valence-corrected chi connectivity index (χ4v) is 3.78. The Morgan fingerprint density at radius 2 is 1.17 bits per heavy atom. The number of rotatable bonds is 6. The van der Waals surface area contributed by atoms with Crippen molar-refractivity contribution in [3.05, 3.63) is 72.8 Å². The van der Waals surface area contributed by atoms with Crippen LogP contribution in [0.1, 0.15) is 25.7 Å². The molecule has 0 radical (unpaired) electrons. The molecule has 2 aromatic heterocycles. The lowest BCUT2D eigenvalue weighted by molar-refractivity contribution is 0.496. The fraction of sp³-hybridized carbons (Fsp3) is 0.250. The third kappa shape index (κ3) is 4.85. The number of halogens is 1. The topological polar surface area (TPSA) is 43.9 Å². The first-order valence-corrected chi connectivity index (χ1v) is 11.2. The number of hydrogen-bond donors (Lipinski definition) is 0. The monoisotopic (exact) mass is 449 g/mol. The summed E-state index contributed by atoms with van der Waals surface area (Å²) in [6.45, 7) is 0.928. The molecule has 148 valence electrons. The summed E-state index contributed by atoms with van der Waals surface area (Å²) in [5.41, 5.74) is 3.90. The van der Waals surface area contributed by atoms with Crippen molar-refractivity contribution in [2.45, 2.75) is 32.2 Å². The van der Waals surface area contributed by atoms with Gasteiger partial charge in [0.25, 0.3) is 0 Å². The van der Waals surface area contributed by atoms with Crippen LogP contribution in [-0.4, -0.2) is 20.3 Å².